The lowest BCUT2D eigenvalue weighted by Crippen LogP contribution is -2.42. The summed E-state index contributed by atoms with van der Waals surface area (Å²) < 4.78 is 18.5. The maximum atomic E-state index is 13.2. The zero-order valence-corrected chi connectivity index (χ0v) is 14.9. The highest BCUT2D eigenvalue weighted by Gasteiger charge is 2.32. The molecule has 0 radical (unpaired) electrons. The first-order valence-electron chi connectivity index (χ1n) is 8.70. The van der Waals surface area contributed by atoms with Gasteiger partial charge in [-0.15, -0.1) is 0 Å². The van der Waals surface area contributed by atoms with Gasteiger partial charge in [-0.05, 0) is 47.5 Å². The van der Waals surface area contributed by atoms with Gasteiger partial charge >= 0.3 is 0 Å². The van der Waals surface area contributed by atoms with E-state index in [1.807, 2.05) is 48.5 Å². The van der Waals surface area contributed by atoms with Crippen LogP contribution in [0.25, 0.3) is 0 Å². The summed E-state index contributed by atoms with van der Waals surface area (Å²) in [5.74, 6) is 0.403. The summed E-state index contributed by atoms with van der Waals surface area (Å²) in [6, 6.07) is 21.3. The molecule has 27 heavy (non-hydrogen) atoms. The minimum Gasteiger partial charge on any atom is -0.497 e. The van der Waals surface area contributed by atoms with Crippen molar-refractivity contribution in [2.75, 3.05) is 12.4 Å². The summed E-state index contributed by atoms with van der Waals surface area (Å²) in [6.07, 6.45) is -0.330. The Morgan fingerprint density at radius 3 is 2.41 bits per heavy atom. The Labute approximate surface area is 157 Å². The molecule has 1 N–H and O–H groups in total. The fraction of sp³-hybridized carbons (Fsp3) is 0.136. The Morgan fingerprint density at radius 2 is 1.70 bits per heavy atom. The molecule has 1 amide bonds. The van der Waals surface area contributed by atoms with Crippen molar-refractivity contribution < 1.29 is 13.9 Å². The lowest BCUT2D eigenvalue weighted by atomic mass is 10.0. The van der Waals surface area contributed by atoms with Crippen LogP contribution in [-0.4, -0.2) is 17.9 Å². The van der Waals surface area contributed by atoms with E-state index in [4.69, 9.17) is 4.74 Å². The molecule has 0 aromatic heterocycles. The molecule has 0 spiro atoms. The molecule has 1 atom stereocenters. The fourth-order valence-electron chi connectivity index (χ4n) is 3.29. The molecule has 0 saturated heterocycles. The van der Waals surface area contributed by atoms with Gasteiger partial charge in [-0.25, -0.2) is 4.39 Å². The van der Waals surface area contributed by atoms with Gasteiger partial charge in [-0.2, -0.15) is 0 Å². The van der Waals surface area contributed by atoms with Crippen LogP contribution in [0.1, 0.15) is 27.7 Å². The summed E-state index contributed by atoms with van der Waals surface area (Å²) in [5.41, 5.74) is 3.24. The number of hydrogen-bond donors (Lipinski definition) is 1. The number of carbonyl (C=O) groups excluding carboxylic acids is 1. The molecule has 136 valence electrons. The highest BCUT2D eigenvalue weighted by molar-refractivity contribution is 6.01. The van der Waals surface area contributed by atoms with Crippen molar-refractivity contribution in [3.05, 3.63) is 95.3 Å². The maximum Gasteiger partial charge on any atom is 0.258 e. The summed E-state index contributed by atoms with van der Waals surface area (Å²) in [6.45, 7) is 0.372. The number of ether oxygens (including phenoxy) is 1. The molecular weight excluding hydrogens is 343 g/mol. The van der Waals surface area contributed by atoms with Crippen molar-refractivity contribution in [1.29, 1.82) is 0 Å². The topological polar surface area (TPSA) is 41.6 Å². The zero-order chi connectivity index (χ0) is 18.8. The number of nitrogens with one attached hydrogen (secondary N) is 1. The Hall–Kier alpha value is -3.34. The smallest absolute Gasteiger partial charge is 0.258 e. The highest BCUT2D eigenvalue weighted by atomic mass is 19.1. The lowest BCUT2D eigenvalue weighted by Gasteiger charge is -2.38. The van der Waals surface area contributed by atoms with Gasteiger partial charge in [-0.3, -0.25) is 4.79 Å². The van der Waals surface area contributed by atoms with Crippen LogP contribution < -0.4 is 10.1 Å². The van der Waals surface area contributed by atoms with E-state index in [9.17, 15) is 9.18 Å². The Kier molecular flexibility index (Phi) is 4.50. The predicted molar refractivity (Wildman–Crippen MR) is 102 cm³/mol. The highest BCUT2D eigenvalue weighted by Crippen LogP contribution is 2.34. The molecule has 0 aliphatic carbocycles. The number of carbonyl (C=O) groups is 1. The van der Waals surface area contributed by atoms with E-state index in [0.717, 1.165) is 22.6 Å². The van der Waals surface area contributed by atoms with Crippen LogP contribution in [0.15, 0.2) is 72.8 Å². The molecule has 3 aromatic carbocycles. The molecule has 0 saturated carbocycles. The Balaban J connectivity index is 1.72. The van der Waals surface area contributed by atoms with Crippen molar-refractivity contribution in [3.8, 4) is 5.75 Å². The van der Waals surface area contributed by atoms with Crippen LogP contribution in [0, 0.1) is 5.82 Å². The van der Waals surface area contributed by atoms with Crippen LogP contribution in [-0.2, 0) is 6.54 Å². The average molecular weight is 362 g/mol. The van der Waals surface area contributed by atoms with E-state index in [1.54, 1.807) is 24.1 Å². The number of halogens is 1. The van der Waals surface area contributed by atoms with Crippen molar-refractivity contribution in [1.82, 2.24) is 4.90 Å². The number of anilines is 1. The normalized spacial score (nSPS) is 15.9. The van der Waals surface area contributed by atoms with Gasteiger partial charge in [0.1, 0.15) is 17.7 Å². The van der Waals surface area contributed by atoms with E-state index >= 15 is 0 Å². The van der Waals surface area contributed by atoms with E-state index in [0.29, 0.717) is 12.1 Å². The molecule has 0 unspecified atom stereocenters. The largest absolute Gasteiger partial charge is 0.497 e. The first kappa shape index (κ1) is 17.1. The predicted octanol–water partition coefficient (Wildman–Crippen LogP) is 4.60. The summed E-state index contributed by atoms with van der Waals surface area (Å²) >= 11 is 0. The number of nitrogens with zero attached hydrogens (tertiary/aromatic N) is 1. The molecule has 3 aromatic rings. The third-order valence-corrected chi connectivity index (χ3v) is 4.72. The second kappa shape index (κ2) is 7.11. The minimum absolute atomic E-state index is 0.0607. The van der Waals surface area contributed by atoms with Gasteiger partial charge in [-0.1, -0.05) is 36.4 Å². The van der Waals surface area contributed by atoms with Gasteiger partial charge in [0.05, 0.1) is 12.7 Å². The first-order valence-corrected chi connectivity index (χ1v) is 8.70. The van der Waals surface area contributed by atoms with E-state index in [2.05, 4.69) is 5.32 Å². The van der Waals surface area contributed by atoms with Crippen molar-refractivity contribution >= 4 is 11.6 Å². The SMILES string of the molecule is COc1ccc([C@H]2Nc3ccccc3C(=O)N2Cc2ccc(F)cc2)cc1. The molecule has 0 bridgehead atoms. The number of para-hydroxylation sites is 1. The first-order chi connectivity index (χ1) is 13.2. The third-order valence-electron chi connectivity index (χ3n) is 4.72. The van der Waals surface area contributed by atoms with Crippen LogP contribution in [0.3, 0.4) is 0 Å². The van der Waals surface area contributed by atoms with E-state index < -0.39 is 0 Å². The van der Waals surface area contributed by atoms with Gasteiger partial charge in [0.25, 0.3) is 5.91 Å². The van der Waals surface area contributed by atoms with Crippen LogP contribution >= 0.6 is 0 Å². The second-order valence-corrected chi connectivity index (χ2v) is 6.43. The number of methoxy groups -OCH3 is 1. The molecule has 5 heteroatoms. The Morgan fingerprint density at radius 1 is 1.00 bits per heavy atom. The monoisotopic (exact) mass is 362 g/mol. The molecule has 4 nitrogen and oxygen atoms in total. The molecule has 0 fully saturated rings. The third kappa shape index (κ3) is 3.36. The van der Waals surface area contributed by atoms with Crippen molar-refractivity contribution in [2.45, 2.75) is 12.7 Å². The number of amides is 1. The maximum absolute atomic E-state index is 13.2. The standard InChI is InChI=1S/C22H19FN2O2/c1-27-18-12-8-16(9-13-18)21-24-20-5-3-2-4-19(20)22(26)25(21)14-15-6-10-17(23)11-7-15/h2-13,21,24H,14H2,1H3/t21-/m0/s1. The van der Waals surface area contributed by atoms with Gasteiger partial charge < -0.3 is 15.0 Å². The zero-order valence-electron chi connectivity index (χ0n) is 14.9. The van der Waals surface area contributed by atoms with Crippen LogP contribution in [0.5, 0.6) is 5.75 Å². The minimum atomic E-state index is -0.330. The molecule has 1 aliphatic rings. The van der Waals surface area contributed by atoms with E-state index in [-0.39, 0.29) is 17.9 Å². The quantitative estimate of drug-likeness (QED) is 0.737. The molecular formula is C22H19FN2O2. The molecule has 4 rings (SSSR count). The number of hydrogen-bond acceptors (Lipinski definition) is 3. The van der Waals surface area contributed by atoms with Gasteiger partial charge in [0.15, 0.2) is 0 Å². The number of rotatable bonds is 4. The summed E-state index contributed by atoms with van der Waals surface area (Å²) in [5, 5.41) is 3.45. The van der Waals surface area contributed by atoms with Gasteiger partial charge in [0, 0.05) is 12.2 Å². The average Bonchev–Trinajstić information content (AvgIpc) is 2.71. The second-order valence-electron chi connectivity index (χ2n) is 6.43. The number of fused-ring (bicyclic) bond motifs is 1. The molecule has 1 heterocycles. The van der Waals surface area contributed by atoms with Crippen molar-refractivity contribution in [3.63, 3.8) is 0 Å². The Bertz CT molecular complexity index is 955. The van der Waals surface area contributed by atoms with Crippen LogP contribution in [0.2, 0.25) is 0 Å². The lowest BCUT2D eigenvalue weighted by molar-refractivity contribution is 0.0666. The van der Waals surface area contributed by atoms with Crippen LogP contribution in [0.4, 0.5) is 10.1 Å². The number of benzene rings is 3. The fourth-order valence-corrected chi connectivity index (χ4v) is 3.29. The van der Waals surface area contributed by atoms with Gasteiger partial charge in [0.2, 0.25) is 0 Å². The summed E-state index contributed by atoms with van der Waals surface area (Å²) in [7, 11) is 1.62. The van der Waals surface area contributed by atoms with Crippen molar-refractivity contribution in [2.24, 2.45) is 0 Å². The molecule has 1 aliphatic heterocycles. The van der Waals surface area contributed by atoms with E-state index in [1.165, 1.54) is 12.1 Å². The summed E-state index contributed by atoms with van der Waals surface area (Å²) in [4.78, 5) is 14.9.